The normalized spacial score (nSPS) is 15.2. The van der Waals surface area contributed by atoms with Gasteiger partial charge < -0.3 is 19.0 Å². The van der Waals surface area contributed by atoms with Crippen LogP contribution in [0.4, 0.5) is 45.5 Å². The van der Waals surface area contributed by atoms with E-state index in [-0.39, 0.29) is 39.3 Å². The first-order valence-electron chi connectivity index (χ1n) is 32.5. The van der Waals surface area contributed by atoms with E-state index in [9.17, 15) is 0 Å². The Balaban J connectivity index is 1.13. The number of fused-ring (bicyclic) bond motifs is 9. The Kier molecular flexibility index (Phi) is 13.4. The summed E-state index contributed by atoms with van der Waals surface area (Å²) in [5, 5.41) is 2.33. The molecule has 14 rings (SSSR count). The van der Waals surface area contributed by atoms with Gasteiger partial charge in [-0.3, -0.25) is 0 Å². The molecule has 0 fully saturated rings. The number of hydrogen-bond donors (Lipinski definition) is 0. The molecule has 3 heterocycles. The molecule has 0 saturated heterocycles. The number of nitrogens with zero attached hydrogens (tertiary/aromatic N) is 3. The summed E-state index contributed by atoms with van der Waals surface area (Å²) in [7, 11) is 0. The largest absolute Gasteiger partial charge is 0.456 e. The van der Waals surface area contributed by atoms with Crippen LogP contribution in [0.15, 0.2) is 211 Å². The SMILES string of the molecule is CC(C)(C)c1ccc(N2B3c4ccc(N(c5ccc(C(C)(C)C)cc5)c5ccc(C(C)(C)C)cc5)cc4N(c4ccc(C(C)(C)C)cc4-c4ccccc4)c4cc(-c5ccccc5)cc(c43)-c3ccc4oc5cc6c(cc5c4c32)C(C)(C)CCC6(C)C)cc1. The average molecular weight is 1160 g/mol. The van der Waals surface area contributed by atoms with Gasteiger partial charge in [-0.25, -0.2) is 0 Å². The Morgan fingerprint density at radius 3 is 1.48 bits per heavy atom. The molecule has 10 aromatic carbocycles. The van der Waals surface area contributed by atoms with E-state index < -0.39 is 0 Å². The Bertz CT molecular complexity index is 4500. The zero-order valence-corrected chi connectivity index (χ0v) is 55.4. The Morgan fingerprint density at radius 1 is 0.404 bits per heavy atom. The topological polar surface area (TPSA) is 22.9 Å². The molecule has 0 spiro atoms. The van der Waals surface area contributed by atoms with Gasteiger partial charge in [0.05, 0.1) is 11.1 Å². The maximum absolute atomic E-state index is 7.25. The first-order chi connectivity index (χ1) is 42.1. The van der Waals surface area contributed by atoms with E-state index >= 15 is 0 Å². The predicted molar refractivity (Wildman–Crippen MR) is 383 cm³/mol. The maximum Gasteiger partial charge on any atom is 0.333 e. The number of rotatable bonds is 7. The van der Waals surface area contributed by atoms with E-state index in [0.29, 0.717) is 0 Å². The lowest BCUT2D eigenvalue weighted by Crippen LogP contribution is -2.61. The minimum absolute atomic E-state index is 0.00363. The van der Waals surface area contributed by atoms with E-state index in [1.54, 1.807) is 0 Å². The highest BCUT2D eigenvalue weighted by Crippen LogP contribution is 2.56. The zero-order chi connectivity index (χ0) is 62.5. The minimum Gasteiger partial charge on any atom is -0.456 e. The van der Waals surface area contributed by atoms with Crippen molar-refractivity contribution in [1.82, 2.24) is 0 Å². The van der Waals surface area contributed by atoms with Gasteiger partial charge in [0.25, 0.3) is 0 Å². The number of hydrogen-bond acceptors (Lipinski definition) is 4. The van der Waals surface area contributed by atoms with Gasteiger partial charge in [-0.15, -0.1) is 0 Å². The average Bonchev–Trinajstić information content (AvgIpc) is 1.58. The zero-order valence-electron chi connectivity index (χ0n) is 55.4. The number of furan rings is 1. The van der Waals surface area contributed by atoms with Crippen LogP contribution < -0.4 is 25.5 Å². The molecule has 89 heavy (non-hydrogen) atoms. The van der Waals surface area contributed by atoms with E-state index in [1.807, 2.05) is 0 Å². The van der Waals surface area contributed by atoms with Gasteiger partial charge in [-0.2, -0.15) is 0 Å². The summed E-state index contributed by atoms with van der Waals surface area (Å²) in [4.78, 5) is 7.84. The van der Waals surface area contributed by atoms with E-state index in [1.165, 1.54) is 88.8 Å². The second kappa shape index (κ2) is 20.5. The number of benzene rings is 10. The second-order valence-electron chi connectivity index (χ2n) is 31.3. The molecule has 0 saturated carbocycles. The van der Waals surface area contributed by atoms with E-state index in [0.717, 1.165) is 69.2 Å². The van der Waals surface area contributed by atoms with Gasteiger partial charge >= 0.3 is 6.85 Å². The molecule has 11 aromatic rings. The fraction of sp³-hybridized carbons (Fsp3) is 0.286. The molecule has 1 aromatic heterocycles. The third kappa shape index (κ3) is 9.90. The highest BCUT2D eigenvalue weighted by atomic mass is 16.3. The number of anilines is 8. The van der Waals surface area contributed by atoms with Crippen LogP contribution in [-0.2, 0) is 32.5 Å². The molecule has 0 N–H and O–H groups in total. The Hall–Kier alpha value is -8.54. The van der Waals surface area contributed by atoms with Crippen molar-refractivity contribution in [3.8, 4) is 33.4 Å². The van der Waals surface area contributed by atoms with Crippen LogP contribution >= 0.6 is 0 Å². The van der Waals surface area contributed by atoms with Crippen LogP contribution in [0, 0.1) is 0 Å². The molecule has 0 unspecified atom stereocenters. The van der Waals surface area contributed by atoms with Crippen molar-refractivity contribution in [2.24, 2.45) is 0 Å². The molecule has 0 atom stereocenters. The first kappa shape index (κ1) is 58.2. The lowest BCUT2D eigenvalue weighted by Gasteiger charge is -2.47. The molecule has 5 heteroatoms. The Morgan fingerprint density at radius 2 is 0.921 bits per heavy atom. The molecular formula is C84H86BN3O. The lowest BCUT2D eigenvalue weighted by atomic mass is 9.43. The van der Waals surface area contributed by atoms with Crippen molar-refractivity contribution in [2.45, 2.75) is 156 Å². The Labute approximate surface area is 530 Å². The minimum atomic E-state index is -0.277. The van der Waals surface area contributed by atoms with Gasteiger partial charge in [-0.05, 0) is 209 Å². The van der Waals surface area contributed by atoms with Gasteiger partial charge in [0.1, 0.15) is 11.2 Å². The summed E-state index contributed by atoms with van der Waals surface area (Å²) in [6, 6.07) is 79.5. The molecule has 4 nitrogen and oxygen atoms in total. The fourth-order valence-electron chi connectivity index (χ4n) is 14.7. The van der Waals surface area contributed by atoms with Gasteiger partial charge in [0, 0.05) is 56.3 Å². The molecule has 446 valence electrons. The quantitative estimate of drug-likeness (QED) is 0.148. The third-order valence-electron chi connectivity index (χ3n) is 20.1. The molecule has 1 aliphatic carbocycles. The molecule has 3 aliphatic rings. The van der Waals surface area contributed by atoms with Crippen molar-refractivity contribution in [3.63, 3.8) is 0 Å². The van der Waals surface area contributed by atoms with Gasteiger partial charge in [0.15, 0.2) is 0 Å². The summed E-state index contributed by atoms with van der Waals surface area (Å²) < 4.78 is 7.25. The van der Waals surface area contributed by atoms with Crippen LogP contribution in [0.25, 0.3) is 55.3 Å². The van der Waals surface area contributed by atoms with Crippen molar-refractivity contribution in [1.29, 1.82) is 0 Å². The summed E-state index contributed by atoms with van der Waals surface area (Å²) in [6.45, 7) is 37.2. The van der Waals surface area contributed by atoms with Gasteiger partial charge in [-0.1, -0.05) is 220 Å². The highest BCUT2D eigenvalue weighted by molar-refractivity contribution is 6.94. The first-order valence-corrected chi connectivity index (χ1v) is 32.5. The summed E-state index contributed by atoms with van der Waals surface area (Å²) in [6.07, 6.45) is 2.26. The van der Waals surface area contributed by atoms with Crippen LogP contribution in [0.1, 0.15) is 157 Å². The van der Waals surface area contributed by atoms with Crippen molar-refractivity contribution < 1.29 is 4.42 Å². The van der Waals surface area contributed by atoms with Crippen LogP contribution in [0.3, 0.4) is 0 Å². The molecule has 2 aliphatic heterocycles. The molecule has 0 bridgehead atoms. The lowest BCUT2D eigenvalue weighted by molar-refractivity contribution is 0.332. The monoisotopic (exact) mass is 1160 g/mol. The highest BCUT2D eigenvalue weighted by Gasteiger charge is 2.48. The second-order valence-corrected chi connectivity index (χ2v) is 31.3. The fourth-order valence-corrected chi connectivity index (χ4v) is 14.7. The molecule has 0 amide bonds. The molecule has 0 radical (unpaired) electrons. The van der Waals surface area contributed by atoms with Crippen molar-refractivity contribution in [2.75, 3.05) is 14.6 Å². The van der Waals surface area contributed by atoms with Crippen LogP contribution in [0.2, 0.25) is 0 Å². The maximum atomic E-state index is 7.25. The predicted octanol–water partition coefficient (Wildman–Crippen LogP) is 22.6. The standard InChI is InChI=1S/C84H86BN3O/c1-79(2,3)56-27-34-60(35-28-56)86(61-36-29-57(30-37-61)80(4,5)6)63-40-42-70-72(50-63)87(71-43-33-59(82(10,11)12)49-65(71)54-25-21-18-22-26-54)73-48-55(53-23-19-17-20-24-53)47-66-64-41-44-74-76(67-51-68-69(52-75(67)89-74)84(15,16)46-45-83(68,13)14)78(64)88(85(70)77(66)73)62-38-31-58(32-39-62)81(7,8)9/h17-44,47-52H,45-46H2,1-16H3. The summed E-state index contributed by atoms with van der Waals surface area (Å²) >= 11 is 0. The smallest absolute Gasteiger partial charge is 0.333 e. The van der Waals surface area contributed by atoms with Crippen molar-refractivity contribution >= 4 is 85.2 Å². The summed E-state index contributed by atoms with van der Waals surface area (Å²) in [5.74, 6) is 0. The van der Waals surface area contributed by atoms with Gasteiger partial charge in [0.2, 0.25) is 0 Å². The third-order valence-corrected chi connectivity index (χ3v) is 20.1. The summed E-state index contributed by atoms with van der Waals surface area (Å²) in [5.41, 5.74) is 28.3. The molecular weight excluding hydrogens is 1080 g/mol. The van der Waals surface area contributed by atoms with E-state index in [4.69, 9.17) is 4.42 Å². The van der Waals surface area contributed by atoms with E-state index in [2.05, 4.69) is 332 Å². The van der Waals surface area contributed by atoms with Crippen LogP contribution in [0.5, 0.6) is 0 Å². The van der Waals surface area contributed by atoms with Crippen LogP contribution in [-0.4, -0.2) is 6.85 Å². The van der Waals surface area contributed by atoms with Crippen molar-refractivity contribution in [3.05, 3.63) is 240 Å².